The van der Waals surface area contributed by atoms with Crippen LogP contribution in [0.15, 0.2) is 24.8 Å². The molecule has 0 saturated carbocycles. The van der Waals surface area contributed by atoms with E-state index in [9.17, 15) is 9.59 Å². The number of allylic oxidation sites excluding steroid dienone is 1. The van der Waals surface area contributed by atoms with Gasteiger partial charge in [-0.15, -0.1) is 6.58 Å². The summed E-state index contributed by atoms with van der Waals surface area (Å²) in [7, 11) is 3.19. The van der Waals surface area contributed by atoms with Crippen molar-refractivity contribution >= 4 is 11.9 Å². The Morgan fingerprint density at radius 3 is 2.65 bits per heavy atom. The van der Waals surface area contributed by atoms with Gasteiger partial charge in [0.25, 0.3) is 0 Å². The number of nitrogens with zero attached hydrogens (tertiary/aromatic N) is 1. The third kappa shape index (κ3) is 2.73. The van der Waals surface area contributed by atoms with Gasteiger partial charge in [0.05, 0.1) is 20.6 Å². The minimum Gasteiger partial charge on any atom is -0.493 e. The van der Waals surface area contributed by atoms with E-state index in [2.05, 4.69) is 6.58 Å². The minimum absolute atomic E-state index is 0.0146. The molecule has 2 atom stereocenters. The summed E-state index contributed by atoms with van der Waals surface area (Å²) in [5, 5.41) is 0. The Bertz CT molecular complexity index is 744. The molecule has 0 N–H and O–H groups in total. The highest BCUT2D eigenvalue weighted by Gasteiger charge is 2.57. The van der Waals surface area contributed by atoms with Crippen molar-refractivity contribution in [2.24, 2.45) is 0 Å². The molecule has 1 aromatic carbocycles. The van der Waals surface area contributed by atoms with Gasteiger partial charge in [-0.1, -0.05) is 6.08 Å². The van der Waals surface area contributed by atoms with Crippen molar-refractivity contribution in [2.75, 3.05) is 20.8 Å². The smallest absolute Gasteiger partial charge is 0.303 e. The number of carbonyl (C=O) groups is 2. The maximum atomic E-state index is 12.7. The van der Waals surface area contributed by atoms with Crippen molar-refractivity contribution in [3.05, 3.63) is 35.9 Å². The third-order valence-electron chi connectivity index (χ3n) is 5.39. The van der Waals surface area contributed by atoms with Gasteiger partial charge in [0, 0.05) is 13.5 Å². The Kier molecular flexibility index (Phi) is 4.94. The van der Waals surface area contributed by atoms with Crippen LogP contribution in [-0.2, 0) is 26.3 Å². The molecule has 0 radical (unpaired) electrons. The van der Waals surface area contributed by atoms with Crippen LogP contribution in [0.25, 0.3) is 0 Å². The lowest BCUT2D eigenvalue weighted by molar-refractivity contribution is -0.152. The average Bonchev–Trinajstić information content (AvgIpc) is 2.90. The number of carbonyl (C=O) groups excluding carboxylic acids is 2. The zero-order chi connectivity index (χ0) is 18.9. The van der Waals surface area contributed by atoms with Gasteiger partial charge in [-0.3, -0.25) is 9.59 Å². The van der Waals surface area contributed by atoms with E-state index in [0.29, 0.717) is 30.9 Å². The zero-order valence-electron chi connectivity index (χ0n) is 15.5. The number of rotatable bonds is 6. The van der Waals surface area contributed by atoms with Crippen LogP contribution in [0.2, 0.25) is 0 Å². The SMILES string of the molecule is C=CCC[C@]12c3cc(OC)c(OC)cc3CCN1C(=O)C[C@@H]2OC(C)=O. The predicted molar refractivity (Wildman–Crippen MR) is 96.2 cm³/mol. The molecule has 26 heavy (non-hydrogen) atoms. The highest BCUT2D eigenvalue weighted by Crippen LogP contribution is 2.51. The van der Waals surface area contributed by atoms with Crippen molar-refractivity contribution in [1.82, 2.24) is 4.90 Å². The van der Waals surface area contributed by atoms with Crippen LogP contribution in [0, 0.1) is 0 Å². The van der Waals surface area contributed by atoms with Gasteiger partial charge >= 0.3 is 5.97 Å². The summed E-state index contributed by atoms with van der Waals surface area (Å²) in [5.41, 5.74) is 1.37. The zero-order valence-corrected chi connectivity index (χ0v) is 15.5. The number of amides is 1. The summed E-state index contributed by atoms with van der Waals surface area (Å²) < 4.78 is 16.6. The van der Waals surface area contributed by atoms with Gasteiger partial charge in [-0.05, 0) is 42.5 Å². The summed E-state index contributed by atoms with van der Waals surface area (Å²) in [6, 6.07) is 3.90. The van der Waals surface area contributed by atoms with Gasteiger partial charge in [0.15, 0.2) is 11.5 Å². The first-order valence-corrected chi connectivity index (χ1v) is 8.82. The Morgan fingerprint density at radius 1 is 1.35 bits per heavy atom. The van der Waals surface area contributed by atoms with Crippen LogP contribution >= 0.6 is 0 Å². The molecule has 2 aliphatic heterocycles. The molecule has 6 nitrogen and oxygen atoms in total. The van der Waals surface area contributed by atoms with Crippen molar-refractivity contribution in [2.45, 2.75) is 44.2 Å². The van der Waals surface area contributed by atoms with Crippen LogP contribution in [0.1, 0.15) is 37.3 Å². The second kappa shape index (κ2) is 7.02. The minimum atomic E-state index is -0.690. The van der Waals surface area contributed by atoms with E-state index < -0.39 is 11.6 Å². The summed E-state index contributed by atoms with van der Waals surface area (Å²) >= 11 is 0. The molecule has 1 fully saturated rings. The van der Waals surface area contributed by atoms with E-state index in [1.807, 2.05) is 23.1 Å². The third-order valence-corrected chi connectivity index (χ3v) is 5.39. The molecule has 6 heteroatoms. The Hall–Kier alpha value is -2.50. The second-order valence-electron chi connectivity index (χ2n) is 6.71. The molecule has 0 aliphatic carbocycles. The molecular weight excluding hydrogens is 334 g/mol. The monoisotopic (exact) mass is 359 g/mol. The molecular formula is C20H25NO5. The molecule has 3 rings (SSSR count). The lowest BCUT2D eigenvalue weighted by atomic mass is 9.75. The molecule has 1 aromatic rings. The Labute approximate surface area is 153 Å². The number of methoxy groups -OCH3 is 2. The summed E-state index contributed by atoms with van der Waals surface area (Å²) in [4.78, 5) is 26.3. The molecule has 1 amide bonds. The number of hydrogen-bond donors (Lipinski definition) is 0. The van der Waals surface area contributed by atoms with Crippen LogP contribution in [0.3, 0.4) is 0 Å². The molecule has 0 spiro atoms. The Morgan fingerprint density at radius 2 is 2.04 bits per heavy atom. The van der Waals surface area contributed by atoms with E-state index in [1.54, 1.807) is 14.2 Å². The van der Waals surface area contributed by atoms with Gasteiger partial charge in [-0.2, -0.15) is 0 Å². The highest BCUT2D eigenvalue weighted by molar-refractivity contribution is 5.83. The highest BCUT2D eigenvalue weighted by atomic mass is 16.5. The number of fused-ring (bicyclic) bond motifs is 3. The molecule has 140 valence electrons. The quantitative estimate of drug-likeness (QED) is 0.577. The number of ether oxygens (including phenoxy) is 3. The lowest BCUT2D eigenvalue weighted by Crippen LogP contribution is -2.53. The van der Waals surface area contributed by atoms with Crippen LogP contribution in [-0.4, -0.2) is 43.6 Å². The van der Waals surface area contributed by atoms with Crippen molar-refractivity contribution in [3.8, 4) is 11.5 Å². The van der Waals surface area contributed by atoms with Gasteiger partial charge in [0.1, 0.15) is 11.6 Å². The summed E-state index contributed by atoms with van der Waals surface area (Å²) in [6.07, 6.45) is 3.58. The predicted octanol–water partition coefficient (Wildman–Crippen LogP) is 2.59. The van der Waals surface area contributed by atoms with Crippen LogP contribution in [0.4, 0.5) is 0 Å². The Balaban J connectivity index is 2.20. The van der Waals surface area contributed by atoms with Crippen molar-refractivity contribution in [1.29, 1.82) is 0 Å². The maximum Gasteiger partial charge on any atom is 0.303 e. The fraction of sp³-hybridized carbons (Fsp3) is 0.500. The van der Waals surface area contributed by atoms with Crippen molar-refractivity contribution < 1.29 is 23.8 Å². The standard InChI is InChI=1S/C20H25NO5/c1-5-6-8-20-15-11-17(25-4)16(24-3)10-14(15)7-9-21(20)19(23)12-18(20)26-13(2)22/h5,10-11,18H,1,6-9,12H2,2-4H3/t18-,20+/m0/s1. The molecule has 2 aliphatic rings. The average molecular weight is 359 g/mol. The van der Waals surface area contributed by atoms with E-state index in [4.69, 9.17) is 14.2 Å². The van der Waals surface area contributed by atoms with Crippen LogP contribution < -0.4 is 9.47 Å². The van der Waals surface area contributed by atoms with Crippen LogP contribution in [0.5, 0.6) is 11.5 Å². The molecule has 1 saturated heterocycles. The number of benzene rings is 1. The van der Waals surface area contributed by atoms with E-state index in [0.717, 1.165) is 17.5 Å². The molecule has 0 aromatic heterocycles. The number of hydrogen-bond acceptors (Lipinski definition) is 5. The summed E-state index contributed by atoms with van der Waals surface area (Å²) in [6.45, 7) is 5.80. The van der Waals surface area contributed by atoms with E-state index >= 15 is 0 Å². The maximum absolute atomic E-state index is 12.7. The number of esters is 1. The molecule has 2 heterocycles. The molecule has 0 bridgehead atoms. The van der Waals surface area contributed by atoms with Crippen molar-refractivity contribution in [3.63, 3.8) is 0 Å². The van der Waals surface area contributed by atoms with Gasteiger partial charge in [0.2, 0.25) is 5.91 Å². The fourth-order valence-electron chi connectivity index (χ4n) is 4.33. The first kappa shape index (κ1) is 18.3. The van der Waals surface area contributed by atoms with E-state index in [1.165, 1.54) is 6.92 Å². The normalized spacial score (nSPS) is 23.9. The largest absolute Gasteiger partial charge is 0.493 e. The topological polar surface area (TPSA) is 65.1 Å². The van der Waals surface area contributed by atoms with E-state index in [-0.39, 0.29) is 18.3 Å². The molecule has 0 unspecified atom stereocenters. The van der Waals surface area contributed by atoms with Gasteiger partial charge < -0.3 is 19.1 Å². The first-order chi connectivity index (χ1) is 12.5. The fourth-order valence-corrected chi connectivity index (χ4v) is 4.33. The lowest BCUT2D eigenvalue weighted by Gasteiger charge is -2.46. The van der Waals surface area contributed by atoms with Gasteiger partial charge in [-0.25, -0.2) is 0 Å². The first-order valence-electron chi connectivity index (χ1n) is 8.82. The second-order valence-corrected chi connectivity index (χ2v) is 6.71. The summed E-state index contributed by atoms with van der Waals surface area (Å²) in [5.74, 6) is 0.898.